The van der Waals surface area contributed by atoms with Crippen LogP contribution in [-0.2, 0) is 9.59 Å². The summed E-state index contributed by atoms with van der Waals surface area (Å²) in [6.07, 6.45) is 3.68. The van der Waals surface area contributed by atoms with Crippen LogP contribution < -0.4 is 15.4 Å². The van der Waals surface area contributed by atoms with Crippen LogP contribution in [0.4, 0.5) is 22.7 Å². The number of aromatic hydroxyl groups is 1. The highest BCUT2D eigenvalue weighted by Crippen LogP contribution is 2.29. The lowest BCUT2D eigenvalue weighted by Crippen LogP contribution is -2.33. The minimum Gasteiger partial charge on any atom is -0.506 e. The Balaban J connectivity index is 0.000000281. The maximum atomic E-state index is 11.2. The number of phenols is 1. The number of ether oxygens (including phenoxy) is 1. The van der Waals surface area contributed by atoms with Gasteiger partial charge in [-0.15, -0.1) is 0 Å². The molecular formula is C23H29N5O8. The average Bonchev–Trinajstić information content (AvgIpc) is 2.81. The number of anilines is 2. The van der Waals surface area contributed by atoms with Gasteiger partial charge in [-0.25, -0.2) is 0 Å². The molecule has 0 atom stereocenters. The van der Waals surface area contributed by atoms with E-state index < -0.39 is 9.85 Å². The molecule has 2 amide bonds. The van der Waals surface area contributed by atoms with E-state index in [0.717, 1.165) is 25.7 Å². The molecule has 0 spiro atoms. The van der Waals surface area contributed by atoms with Crippen LogP contribution in [0.5, 0.6) is 11.5 Å². The number of rotatable bonds is 8. The van der Waals surface area contributed by atoms with Gasteiger partial charge in [-0.3, -0.25) is 34.7 Å². The van der Waals surface area contributed by atoms with Crippen LogP contribution >= 0.6 is 0 Å². The summed E-state index contributed by atoms with van der Waals surface area (Å²) in [5, 5.41) is 35.4. The van der Waals surface area contributed by atoms with E-state index in [0.29, 0.717) is 18.0 Å². The Morgan fingerprint density at radius 3 is 1.97 bits per heavy atom. The first-order valence-corrected chi connectivity index (χ1v) is 11.2. The van der Waals surface area contributed by atoms with Gasteiger partial charge in [0.2, 0.25) is 11.8 Å². The van der Waals surface area contributed by atoms with Gasteiger partial charge in [0.1, 0.15) is 18.1 Å². The molecule has 36 heavy (non-hydrogen) atoms. The number of nitro groups is 2. The van der Waals surface area contributed by atoms with Gasteiger partial charge in [-0.05, 0) is 38.1 Å². The fraction of sp³-hybridized carbons (Fsp3) is 0.391. The van der Waals surface area contributed by atoms with Crippen molar-refractivity contribution in [2.45, 2.75) is 33.1 Å². The van der Waals surface area contributed by atoms with Crippen LogP contribution in [0.3, 0.4) is 0 Å². The molecule has 194 valence electrons. The van der Waals surface area contributed by atoms with E-state index in [-0.39, 0.29) is 34.6 Å². The molecule has 0 radical (unpaired) electrons. The predicted octanol–water partition coefficient (Wildman–Crippen LogP) is 3.68. The third-order valence-electron chi connectivity index (χ3n) is 5.10. The standard InChI is InChI=1S/C15H21N3O4.C8H8N2O4/c1-12(19)16-14-6-5-13(18(20)21)11-15(14)22-10-9-17-7-3-2-4-8-17;1-5(11)9-7-3-2-6(10(13)14)4-8(7)12/h5-6,11H,2-4,7-10H2,1H3,(H,16,19);2-4,12H,1H3,(H,9,11). The highest BCUT2D eigenvalue weighted by molar-refractivity contribution is 5.91. The molecule has 3 N–H and O–H groups in total. The van der Waals surface area contributed by atoms with Crippen molar-refractivity contribution in [1.29, 1.82) is 0 Å². The number of benzene rings is 2. The molecule has 1 saturated heterocycles. The Kier molecular flexibility index (Phi) is 10.6. The van der Waals surface area contributed by atoms with E-state index in [9.17, 15) is 34.9 Å². The Morgan fingerprint density at radius 2 is 1.44 bits per heavy atom. The van der Waals surface area contributed by atoms with Crippen molar-refractivity contribution in [2.75, 3.05) is 36.9 Å². The van der Waals surface area contributed by atoms with Crippen LogP contribution in [0.15, 0.2) is 36.4 Å². The number of nitrogens with one attached hydrogen (secondary N) is 2. The van der Waals surface area contributed by atoms with Gasteiger partial charge < -0.3 is 20.5 Å². The second-order valence-corrected chi connectivity index (χ2v) is 8.01. The molecule has 0 saturated carbocycles. The number of nitro benzene ring substituents is 2. The summed E-state index contributed by atoms with van der Waals surface area (Å²) < 4.78 is 5.67. The smallest absolute Gasteiger partial charge is 0.273 e. The Labute approximate surface area is 207 Å². The monoisotopic (exact) mass is 503 g/mol. The molecular weight excluding hydrogens is 474 g/mol. The quantitative estimate of drug-likeness (QED) is 0.275. The molecule has 0 aliphatic carbocycles. The fourth-order valence-corrected chi connectivity index (χ4v) is 3.43. The zero-order chi connectivity index (χ0) is 26.7. The number of non-ortho nitro benzene ring substituents is 2. The van der Waals surface area contributed by atoms with Gasteiger partial charge in [-0.1, -0.05) is 6.42 Å². The van der Waals surface area contributed by atoms with Crippen LogP contribution in [0.25, 0.3) is 0 Å². The van der Waals surface area contributed by atoms with Crippen molar-refractivity contribution in [3.63, 3.8) is 0 Å². The van der Waals surface area contributed by atoms with E-state index in [1.54, 1.807) is 0 Å². The number of piperidine rings is 1. The molecule has 1 fully saturated rings. The van der Waals surface area contributed by atoms with Crippen molar-refractivity contribution in [2.24, 2.45) is 0 Å². The zero-order valence-corrected chi connectivity index (χ0v) is 20.1. The molecule has 0 unspecified atom stereocenters. The molecule has 2 aromatic carbocycles. The predicted molar refractivity (Wildman–Crippen MR) is 132 cm³/mol. The molecule has 13 heteroatoms. The molecule has 2 aromatic rings. The maximum absolute atomic E-state index is 11.2. The molecule has 3 rings (SSSR count). The fourth-order valence-electron chi connectivity index (χ4n) is 3.43. The Hall–Kier alpha value is -4.26. The lowest BCUT2D eigenvalue weighted by atomic mass is 10.1. The highest BCUT2D eigenvalue weighted by Gasteiger charge is 2.15. The minimum atomic E-state index is -0.628. The van der Waals surface area contributed by atoms with Crippen molar-refractivity contribution in [3.05, 3.63) is 56.6 Å². The van der Waals surface area contributed by atoms with Crippen LogP contribution in [0.1, 0.15) is 33.1 Å². The number of hydrogen-bond donors (Lipinski definition) is 3. The summed E-state index contributed by atoms with van der Waals surface area (Å²) in [6, 6.07) is 7.64. The number of phenolic OH excluding ortho intramolecular Hbond substituents is 1. The Morgan fingerprint density at radius 1 is 0.917 bits per heavy atom. The van der Waals surface area contributed by atoms with E-state index in [1.807, 2.05) is 0 Å². The average molecular weight is 504 g/mol. The maximum Gasteiger partial charge on any atom is 0.273 e. The summed E-state index contributed by atoms with van der Waals surface area (Å²) in [6.45, 7) is 6.02. The van der Waals surface area contributed by atoms with E-state index in [4.69, 9.17) is 4.74 Å². The summed E-state index contributed by atoms with van der Waals surface area (Å²) in [5.41, 5.74) is 0.332. The molecule has 1 aliphatic heterocycles. The SMILES string of the molecule is CC(=O)Nc1ccc([N+](=O)[O-])cc1O.CC(=O)Nc1ccc([N+](=O)[O-])cc1OCCN1CCCCC1. The second-order valence-electron chi connectivity index (χ2n) is 8.01. The Bertz CT molecular complexity index is 1100. The molecule has 0 bridgehead atoms. The summed E-state index contributed by atoms with van der Waals surface area (Å²) in [4.78, 5) is 44.2. The van der Waals surface area contributed by atoms with Gasteiger partial charge in [0, 0.05) is 32.5 Å². The first kappa shape index (κ1) is 28.0. The number of hydrogen-bond acceptors (Lipinski definition) is 9. The van der Waals surface area contributed by atoms with Gasteiger partial charge in [0.05, 0.1) is 33.4 Å². The van der Waals surface area contributed by atoms with Crippen molar-refractivity contribution in [3.8, 4) is 11.5 Å². The summed E-state index contributed by atoms with van der Waals surface area (Å²) >= 11 is 0. The first-order chi connectivity index (χ1) is 17.1. The van der Waals surface area contributed by atoms with E-state index in [2.05, 4.69) is 15.5 Å². The first-order valence-electron chi connectivity index (χ1n) is 11.2. The molecule has 0 aromatic heterocycles. The minimum absolute atomic E-state index is 0.0536. The summed E-state index contributed by atoms with van der Waals surface area (Å²) in [5.74, 6) is -0.584. The molecule has 1 aliphatic rings. The van der Waals surface area contributed by atoms with Crippen LogP contribution in [0, 0.1) is 20.2 Å². The van der Waals surface area contributed by atoms with Gasteiger partial charge in [0.25, 0.3) is 11.4 Å². The second kappa shape index (κ2) is 13.6. The van der Waals surface area contributed by atoms with Gasteiger partial charge in [-0.2, -0.15) is 0 Å². The van der Waals surface area contributed by atoms with Gasteiger partial charge in [0.15, 0.2) is 0 Å². The van der Waals surface area contributed by atoms with Crippen LogP contribution in [-0.4, -0.2) is 57.9 Å². The number of carbonyl (C=O) groups is 2. The third-order valence-corrected chi connectivity index (χ3v) is 5.10. The zero-order valence-electron chi connectivity index (χ0n) is 20.1. The number of likely N-dealkylation sites (tertiary alicyclic amines) is 1. The number of nitrogens with zero attached hydrogens (tertiary/aromatic N) is 3. The lowest BCUT2D eigenvalue weighted by Gasteiger charge is -2.26. The number of carbonyl (C=O) groups excluding carboxylic acids is 2. The van der Waals surface area contributed by atoms with Crippen LogP contribution in [0.2, 0.25) is 0 Å². The van der Waals surface area contributed by atoms with E-state index in [1.165, 1.54) is 63.4 Å². The summed E-state index contributed by atoms with van der Waals surface area (Å²) in [7, 11) is 0. The van der Waals surface area contributed by atoms with Crippen molar-refractivity contribution >= 4 is 34.6 Å². The van der Waals surface area contributed by atoms with E-state index >= 15 is 0 Å². The topological polar surface area (TPSA) is 177 Å². The van der Waals surface area contributed by atoms with Crippen molar-refractivity contribution in [1.82, 2.24) is 4.90 Å². The van der Waals surface area contributed by atoms with Gasteiger partial charge >= 0.3 is 0 Å². The number of amides is 2. The highest BCUT2D eigenvalue weighted by atomic mass is 16.6. The third kappa shape index (κ3) is 9.18. The molecule has 1 heterocycles. The molecule has 13 nitrogen and oxygen atoms in total. The largest absolute Gasteiger partial charge is 0.506 e. The lowest BCUT2D eigenvalue weighted by molar-refractivity contribution is -0.385. The van der Waals surface area contributed by atoms with Crippen molar-refractivity contribution < 1.29 is 29.3 Å². The normalized spacial score (nSPS) is 13.1.